The maximum Gasteiger partial charge on any atom is 0.242 e. The summed E-state index contributed by atoms with van der Waals surface area (Å²) in [5.74, 6) is 0.376. The van der Waals surface area contributed by atoms with Gasteiger partial charge in [-0.2, -0.15) is 0 Å². The molecule has 1 heterocycles. The van der Waals surface area contributed by atoms with Crippen LogP contribution in [0.15, 0.2) is 64.0 Å². The van der Waals surface area contributed by atoms with Gasteiger partial charge in [0.05, 0.1) is 30.3 Å². The van der Waals surface area contributed by atoms with Crippen LogP contribution < -0.4 is 5.43 Å². The van der Waals surface area contributed by atoms with Gasteiger partial charge in [0, 0.05) is 19.0 Å². The molecule has 3 aromatic rings. The van der Waals surface area contributed by atoms with Gasteiger partial charge in [-0.1, -0.05) is 62.2 Å². The van der Waals surface area contributed by atoms with Gasteiger partial charge in [-0.15, -0.1) is 0 Å². The van der Waals surface area contributed by atoms with Crippen molar-refractivity contribution >= 4 is 22.8 Å². The fourth-order valence-electron chi connectivity index (χ4n) is 4.49. The summed E-state index contributed by atoms with van der Waals surface area (Å²) in [7, 11) is 0. The Morgan fingerprint density at radius 1 is 1.03 bits per heavy atom. The molecule has 1 aromatic heterocycles. The molecule has 0 spiro atoms. The fraction of sp³-hybridized carbons (Fsp3) is 0.433. The second-order valence-corrected chi connectivity index (χ2v) is 10.4. The third-order valence-corrected chi connectivity index (χ3v) is 7.00. The van der Waals surface area contributed by atoms with Crippen molar-refractivity contribution in [2.45, 2.75) is 59.5 Å². The number of aryl methyl sites for hydroxylation is 1. The Bertz CT molecular complexity index is 1260. The Hall–Kier alpha value is -3.41. The van der Waals surface area contributed by atoms with Gasteiger partial charge in [0.1, 0.15) is 5.58 Å². The average molecular weight is 489 g/mol. The van der Waals surface area contributed by atoms with Crippen LogP contribution in [-0.4, -0.2) is 34.7 Å². The number of rotatable bonds is 10. The van der Waals surface area contributed by atoms with Gasteiger partial charge < -0.3 is 14.2 Å². The Morgan fingerprint density at radius 3 is 2.44 bits per heavy atom. The molecular weight excluding hydrogens is 452 g/mol. The minimum Gasteiger partial charge on any atom is -0.464 e. The van der Waals surface area contributed by atoms with E-state index in [4.69, 9.17) is 4.42 Å². The van der Waals surface area contributed by atoms with Crippen molar-refractivity contribution in [2.24, 2.45) is 11.8 Å². The summed E-state index contributed by atoms with van der Waals surface area (Å²) in [6.45, 7) is 7.23. The van der Waals surface area contributed by atoms with E-state index in [2.05, 4.69) is 13.8 Å². The second kappa shape index (κ2) is 11.5. The number of benzene rings is 2. The monoisotopic (exact) mass is 488 g/mol. The summed E-state index contributed by atoms with van der Waals surface area (Å²) < 4.78 is 5.74. The lowest BCUT2D eigenvalue weighted by Gasteiger charge is -2.33. The zero-order valence-corrected chi connectivity index (χ0v) is 21.5. The molecule has 1 aliphatic carbocycles. The molecule has 1 fully saturated rings. The highest BCUT2D eigenvalue weighted by Gasteiger charge is 2.31. The molecule has 6 heteroatoms. The van der Waals surface area contributed by atoms with Crippen LogP contribution in [-0.2, 0) is 22.7 Å². The molecule has 0 N–H and O–H groups in total. The van der Waals surface area contributed by atoms with Crippen LogP contribution in [0.1, 0.15) is 56.2 Å². The van der Waals surface area contributed by atoms with Gasteiger partial charge in [-0.3, -0.25) is 14.4 Å². The van der Waals surface area contributed by atoms with Crippen LogP contribution in [0.2, 0.25) is 0 Å². The van der Waals surface area contributed by atoms with Crippen LogP contribution in [0.3, 0.4) is 0 Å². The minimum atomic E-state index is -0.168. The Morgan fingerprint density at radius 2 is 1.78 bits per heavy atom. The maximum absolute atomic E-state index is 13.7. The molecule has 0 atom stereocenters. The van der Waals surface area contributed by atoms with Crippen LogP contribution in [0, 0.1) is 18.8 Å². The molecule has 0 radical (unpaired) electrons. The number of carbonyl (C=O) groups excluding carboxylic acids is 2. The smallest absolute Gasteiger partial charge is 0.242 e. The molecule has 1 aliphatic rings. The topological polar surface area (TPSA) is 70.8 Å². The molecule has 190 valence electrons. The van der Waals surface area contributed by atoms with Gasteiger partial charge in [0.15, 0.2) is 5.43 Å². The quantitative estimate of drug-likeness (QED) is 0.388. The van der Waals surface area contributed by atoms with Crippen LogP contribution >= 0.6 is 0 Å². The largest absolute Gasteiger partial charge is 0.464 e. The van der Waals surface area contributed by atoms with E-state index >= 15 is 0 Å². The SMILES string of the molecule is Cc1ccc2occ(CN(Cc3ccccc3)C(=O)CN(CCC(C)C)C(=O)C3CCC3)c(=O)c2c1. The van der Waals surface area contributed by atoms with Crippen LogP contribution in [0.4, 0.5) is 0 Å². The van der Waals surface area contributed by atoms with Crippen LogP contribution in [0.25, 0.3) is 11.0 Å². The maximum atomic E-state index is 13.7. The number of nitrogens with zero attached hydrogens (tertiary/aromatic N) is 2. The van der Waals surface area contributed by atoms with Gasteiger partial charge >= 0.3 is 0 Å². The van der Waals surface area contributed by atoms with E-state index in [1.165, 1.54) is 6.26 Å². The zero-order valence-electron chi connectivity index (χ0n) is 21.5. The molecule has 36 heavy (non-hydrogen) atoms. The van der Waals surface area contributed by atoms with Crippen molar-refractivity contribution in [3.63, 3.8) is 0 Å². The van der Waals surface area contributed by atoms with Gasteiger partial charge in [-0.05, 0) is 49.8 Å². The van der Waals surface area contributed by atoms with E-state index in [1.807, 2.05) is 49.4 Å². The Labute approximate surface area is 212 Å². The van der Waals surface area contributed by atoms with Gasteiger partial charge in [0.25, 0.3) is 0 Å². The van der Waals surface area contributed by atoms with Gasteiger partial charge in [-0.25, -0.2) is 0 Å². The molecule has 1 saturated carbocycles. The Kier molecular flexibility index (Phi) is 8.24. The number of hydrogen-bond acceptors (Lipinski definition) is 4. The summed E-state index contributed by atoms with van der Waals surface area (Å²) in [6, 6.07) is 15.2. The molecule has 4 rings (SSSR count). The van der Waals surface area contributed by atoms with Crippen LogP contribution in [0.5, 0.6) is 0 Å². The lowest BCUT2D eigenvalue weighted by Crippen LogP contribution is -2.46. The molecule has 0 aliphatic heterocycles. The lowest BCUT2D eigenvalue weighted by atomic mass is 9.84. The number of hydrogen-bond donors (Lipinski definition) is 0. The first-order chi connectivity index (χ1) is 17.3. The Balaban J connectivity index is 1.60. The van der Waals surface area contributed by atoms with Crippen molar-refractivity contribution in [1.29, 1.82) is 0 Å². The average Bonchev–Trinajstić information content (AvgIpc) is 2.82. The van der Waals surface area contributed by atoms with Crippen molar-refractivity contribution in [3.8, 4) is 0 Å². The predicted molar refractivity (Wildman–Crippen MR) is 141 cm³/mol. The van der Waals surface area contributed by atoms with Crippen molar-refractivity contribution < 1.29 is 14.0 Å². The van der Waals surface area contributed by atoms with E-state index in [-0.39, 0.29) is 36.3 Å². The number of carbonyl (C=O) groups is 2. The highest BCUT2D eigenvalue weighted by Crippen LogP contribution is 2.28. The highest BCUT2D eigenvalue weighted by molar-refractivity contribution is 5.86. The third-order valence-electron chi connectivity index (χ3n) is 7.00. The molecule has 0 unspecified atom stereocenters. The number of amides is 2. The molecule has 6 nitrogen and oxygen atoms in total. The summed E-state index contributed by atoms with van der Waals surface area (Å²) in [4.78, 5) is 43.5. The first-order valence-electron chi connectivity index (χ1n) is 12.9. The molecular formula is C30H36N2O4. The molecule has 2 amide bonds. The highest BCUT2D eigenvalue weighted by atomic mass is 16.3. The van der Waals surface area contributed by atoms with Crippen molar-refractivity contribution in [3.05, 3.63) is 81.7 Å². The molecule has 2 aromatic carbocycles. The summed E-state index contributed by atoms with van der Waals surface area (Å²) in [5.41, 5.74) is 2.76. The van der Waals surface area contributed by atoms with E-state index in [9.17, 15) is 14.4 Å². The summed E-state index contributed by atoms with van der Waals surface area (Å²) in [5, 5.41) is 0.512. The van der Waals surface area contributed by atoms with Gasteiger partial charge in [0.2, 0.25) is 11.8 Å². The van der Waals surface area contributed by atoms with Crippen molar-refractivity contribution in [2.75, 3.05) is 13.1 Å². The standard InChI is InChI=1S/C30H36N2O4/c1-21(2)14-15-31(30(35)24-10-7-11-24)19-28(33)32(17-23-8-5-4-6-9-23)18-25-20-36-27-13-12-22(3)16-26(27)29(25)34/h4-6,8-9,12-13,16,20-21,24H,7,10-11,14-15,17-19H2,1-3H3. The van der Waals surface area contributed by atoms with Crippen molar-refractivity contribution in [1.82, 2.24) is 9.80 Å². The molecule has 0 saturated heterocycles. The normalized spacial score (nSPS) is 13.6. The zero-order chi connectivity index (χ0) is 25.7. The lowest BCUT2D eigenvalue weighted by molar-refractivity contribution is -0.145. The summed E-state index contributed by atoms with van der Waals surface area (Å²) in [6.07, 6.45) is 5.17. The summed E-state index contributed by atoms with van der Waals surface area (Å²) >= 11 is 0. The second-order valence-electron chi connectivity index (χ2n) is 10.4. The first-order valence-corrected chi connectivity index (χ1v) is 12.9. The van der Waals surface area contributed by atoms with E-state index in [0.717, 1.165) is 36.8 Å². The predicted octanol–water partition coefficient (Wildman–Crippen LogP) is 5.31. The third kappa shape index (κ3) is 6.23. The first kappa shape index (κ1) is 25.7. The van der Waals surface area contributed by atoms with E-state index < -0.39 is 0 Å². The fourth-order valence-corrected chi connectivity index (χ4v) is 4.49. The van der Waals surface area contributed by atoms with E-state index in [0.29, 0.717) is 35.5 Å². The molecule has 0 bridgehead atoms. The minimum absolute atomic E-state index is 0.0207. The number of fused-ring (bicyclic) bond motifs is 1. The van der Waals surface area contributed by atoms with E-state index in [1.54, 1.807) is 15.9 Å².